The van der Waals surface area contributed by atoms with Gasteiger partial charge in [-0.1, -0.05) is 24.3 Å². The molecule has 0 bridgehead atoms. The summed E-state index contributed by atoms with van der Waals surface area (Å²) in [6.45, 7) is 0. The van der Waals surface area contributed by atoms with Gasteiger partial charge in [0.05, 0.1) is 6.26 Å². The summed E-state index contributed by atoms with van der Waals surface area (Å²) in [5.74, 6) is 0.906. The lowest BCUT2D eigenvalue weighted by Gasteiger charge is -2.05. The Morgan fingerprint density at radius 1 is 0.833 bits per heavy atom. The van der Waals surface area contributed by atoms with Gasteiger partial charge < -0.3 is 10.2 Å². The van der Waals surface area contributed by atoms with E-state index in [0.29, 0.717) is 0 Å². The first-order valence-corrected chi connectivity index (χ1v) is 5.92. The molecule has 2 heteroatoms. The van der Waals surface area contributed by atoms with Gasteiger partial charge in [-0.3, -0.25) is 0 Å². The number of hydrogen-bond donors (Lipinski definition) is 1. The van der Waals surface area contributed by atoms with Gasteiger partial charge in [0.1, 0.15) is 5.76 Å². The van der Waals surface area contributed by atoms with Crippen molar-refractivity contribution in [2.24, 2.45) is 0 Å². The third kappa shape index (κ3) is 1.12. The van der Waals surface area contributed by atoms with E-state index in [1.807, 2.05) is 18.2 Å². The summed E-state index contributed by atoms with van der Waals surface area (Å²) in [7, 11) is 0. The molecule has 1 heterocycles. The summed E-state index contributed by atoms with van der Waals surface area (Å²) in [6, 6.07) is 16.3. The Bertz CT molecular complexity index is 844. The van der Waals surface area contributed by atoms with Gasteiger partial charge in [-0.25, -0.2) is 0 Å². The molecule has 1 aliphatic carbocycles. The van der Waals surface area contributed by atoms with E-state index < -0.39 is 0 Å². The second-order valence-corrected chi connectivity index (χ2v) is 4.51. The predicted octanol–water partition coefficient (Wildman–Crippen LogP) is 4.27. The number of fused-ring (bicyclic) bond motifs is 5. The number of nitrogen functional groups attached to an aromatic ring is 1. The lowest BCUT2D eigenvalue weighted by atomic mass is 10.0. The van der Waals surface area contributed by atoms with Crippen LogP contribution in [0.3, 0.4) is 0 Å². The highest BCUT2D eigenvalue weighted by atomic mass is 16.3. The van der Waals surface area contributed by atoms with E-state index in [-0.39, 0.29) is 0 Å². The Morgan fingerprint density at radius 2 is 1.72 bits per heavy atom. The van der Waals surface area contributed by atoms with Crippen LogP contribution in [0.15, 0.2) is 59.2 Å². The van der Waals surface area contributed by atoms with Crippen molar-refractivity contribution in [1.82, 2.24) is 0 Å². The summed E-state index contributed by atoms with van der Waals surface area (Å²) in [4.78, 5) is 0. The standard InChI is InChI=1S/C16H11NO/c17-13-5-1-3-10-6-7-11-9-14-12(4-2-8-18-14)15(11)16(10)13/h1-9H,17H2. The average Bonchev–Trinajstić information content (AvgIpc) is 2.77. The smallest absolute Gasteiger partial charge is 0.135 e. The van der Waals surface area contributed by atoms with Crippen molar-refractivity contribution in [1.29, 1.82) is 0 Å². The van der Waals surface area contributed by atoms with E-state index in [0.717, 1.165) is 22.4 Å². The number of nitrogens with two attached hydrogens (primary N) is 1. The molecule has 1 aliphatic heterocycles. The molecular formula is C16H11NO. The van der Waals surface area contributed by atoms with Crippen molar-refractivity contribution < 1.29 is 4.42 Å². The Hall–Kier alpha value is -2.48. The Morgan fingerprint density at radius 3 is 2.67 bits per heavy atom. The van der Waals surface area contributed by atoms with Crippen LogP contribution in [0.5, 0.6) is 0 Å². The molecule has 0 unspecified atom stereocenters. The van der Waals surface area contributed by atoms with Gasteiger partial charge in [-0.2, -0.15) is 0 Å². The summed E-state index contributed by atoms with van der Waals surface area (Å²) < 4.78 is 5.54. The SMILES string of the molecule is Nc1cccc2ccc3cc4occcc-4c3c12. The van der Waals surface area contributed by atoms with Crippen molar-refractivity contribution in [2.45, 2.75) is 0 Å². The number of anilines is 1. The van der Waals surface area contributed by atoms with E-state index in [4.69, 9.17) is 10.2 Å². The molecule has 2 N–H and O–H groups in total. The normalized spacial score (nSPS) is 11.6. The van der Waals surface area contributed by atoms with Gasteiger partial charge in [0, 0.05) is 22.0 Å². The second-order valence-electron chi connectivity index (χ2n) is 4.51. The summed E-state index contributed by atoms with van der Waals surface area (Å²) in [6.07, 6.45) is 1.70. The van der Waals surface area contributed by atoms with Crippen molar-refractivity contribution in [3.63, 3.8) is 0 Å². The second kappa shape index (κ2) is 3.26. The largest absolute Gasteiger partial charge is 0.464 e. The van der Waals surface area contributed by atoms with Crippen LogP contribution in [0.2, 0.25) is 0 Å². The molecule has 0 saturated carbocycles. The first-order chi connectivity index (χ1) is 8.84. The highest BCUT2D eigenvalue weighted by molar-refractivity contribution is 6.20. The van der Waals surface area contributed by atoms with Gasteiger partial charge in [-0.15, -0.1) is 0 Å². The zero-order chi connectivity index (χ0) is 12.1. The van der Waals surface area contributed by atoms with Crippen LogP contribution in [0, 0.1) is 0 Å². The zero-order valence-corrected chi connectivity index (χ0v) is 9.68. The van der Waals surface area contributed by atoms with E-state index in [1.54, 1.807) is 6.26 Å². The van der Waals surface area contributed by atoms with Crippen LogP contribution in [0.25, 0.3) is 32.9 Å². The van der Waals surface area contributed by atoms with Crippen LogP contribution in [0.1, 0.15) is 0 Å². The summed E-state index contributed by atoms with van der Waals surface area (Å²) in [5, 5.41) is 4.64. The molecular weight excluding hydrogens is 222 g/mol. The predicted molar refractivity (Wildman–Crippen MR) is 74.8 cm³/mol. The van der Waals surface area contributed by atoms with Crippen LogP contribution in [-0.4, -0.2) is 0 Å². The summed E-state index contributed by atoms with van der Waals surface area (Å²) >= 11 is 0. The van der Waals surface area contributed by atoms with E-state index in [2.05, 4.69) is 30.3 Å². The first kappa shape index (κ1) is 9.54. The Balaban J connectivity index is 2.35. The Labute approximate surface area is 104 Å². The van der Waals surface area contributed by atoms with Crippen LogP contribution in [-0.2, 0) is 0 Å². The van der Waals surface area contributed by atoms with Gasteiger partial charge in [-0.05, 0) is 35.0 Å². The monoisotopic (exact) mass is 233 g/mol. The lowest BCUT2D eigenvalue weighted by Crippen LogP contribution is -1.87. The van der Waals surface area contributed by atoms with E-state index in [1.165, 1.54) is 16.2 Å². The molecule has 0 saturated heterocycles. The highest BCUT2D eigenvalue weighted by Gasteiger charge is 2.14. The molecule has 0 radical (unpaired) electrons. The number of hydrogen-bond acceptors (Lipinski definition) is 2. The molecule has 4 rings (SSSR count). The topological polar surface area (TPSA) is 39.2 Å². The maximum absolute atomic E-state index is 6.14. The van der Waals surface area contributed by atoms with Gasteiger partial charge in [0.15, 0.2) is 0 Å². The van der Waals surface area contributed by atoms with Gasteiger partial charge in [0.25, 0.3) is 0 Å². The molecule has 0 fully saturated rings. The molecule has 0 spiro atoms. The van der Waals surface area contributed by atoms with Gasteiger partial charge in [0.2, 0.25) is 0 Å². The molecule has 2 aromatic carbocycles. The molecule has 2 aliphatic rings. The van der Waals surface area contributed by atoms with Gasteiger partial charge >= 0.3 is 0 Å². The maximum Gasteiger partial charge on any atom is 0.135 e. The molecule has 2 aromatic rings. The average molecular weight is 233 g/mol. The molecule has 0 aromatic heterocycles. The first-order valence-electron chi connectivity index (χ1n) is 5.92. The number of benzene rings is 2. The third-order valence-electron chi connectivity index (χ3n) is 3.47. The maximum atomic E-state index is 6.14. The van der Waals surface area contributed by atoms with E-state index in [9.17, 15) is 0 Å². The Kier molecular flexibility index (Phi) is 1.73. The molecule has 86 valence electrons. The van der Waals surface area contributed by atoms with Crippen LogP contribution in [0.4, 0.5) is 5.69 Å². The molecule has 2 nitrogen and oxygen atoms in total. The molecule has 0 atom stereocenters. The van der Waals surface area contributed by atoms with Crippen molar-refractivity contribution >= 4 is 27.2 Å². The van der Waals surface area contributed by atoms with Crippen molar-refractivity contribution in [3.8, 4) is 11.3 Å². The van der Waals surface area contributed by atoms with Crippen molar-refractivity contribution in [2.75, 3.05) is 5.73 Å². The minimum atomic E-state index is 0.814. The fourth-order valence-corrected chi connectivity index (χ4v) is 2.69. The lowest BCUT2D eigenvalue weighted by molar-refractivity contribution is 0.567. The molecule has 18 heavy (non-hydrogen) atoms. The summed E-state index contributed by atoms with van der Waals surface area (Å²) in [5.41, 5.74) is 8.08. The molecule has 0 amide bonds. The minimum Gasteiger partial charge on any atom is -0.464 e. The van der Waals surface area contributed by atoms with Crippen LogP contribution < -0.4 is 5.73 Å². The number of rotatable bonds is 0. The fourth-order valence-electron chi connectivity index (χ4n) is 2.69. The van der Waals surface area contributed by atoms with Crippen LogP contribution >= 0.6 is 0 Å². The fraction of sp³-hybridized carbons (Fsp3) is 0. The third-order valence-corrected chi connectivity index (χ3v) is 3.47. The van der Waals surface area contributed by atoms with E-state index >= 15 is 0 Å². The minimum absolute atomic E-state index is 0.814. The quantitative estimate of drug-likeness (QED) is 0.460. The zero-order valence-electron chi connectivity index (χ0n) is 9.68. The highest BCUT2D eigenvalue weighted by Crippen LogP contribution is 2.40. The van der Waals surface area contributed by atoms with Crippen molar-refractivity contribution in [3.05, 3.63) is 54.8 Å².